The molecule has 0 saturated carbocycles. The molecule has 0 aromatic heterocycles. The maximum atomic E-state index is 10.0. The molecule has 0 unspecified atom stereocenters. The van der Waals surface area contributed by atoms with Gasteiger partial charge in [-0.05, 0) is 17.8 Å². The second kappa shape index (κ2) is 68.8. The van der Waals surface area contributed by atoms with Gasteiger partial charge < -0.3 is 20.8 Å². The maximum Gasteiger partial charge on any atom is 4.00 e. The molecule has 0 radical (unpaired) electrons. The summed E-state index contributed by atoms with van der Waals surface area (Å²) in [5.41, 5.74) is 0. The van der Waals surface area contributed by atoms with Gasteiger partial charge in [0.1, 0.15) is 0 Å². The smallest absolute Gasteiger partial charge is 0.542 e. The zero-order chi connectivity index (χ0) is 45.3. The van der Waals surface area contributed by atoms with Crippen molar-refractivity contribution in [2.75, 3.05) is 0 Å². The Hall–Kier alpha value is -0.276. The van der Waals surface area contributed by atoms with Crippen molar-refractivity contribution in [1.29, 1.82) is 0 Å². The molecule has 0 aliphatic heterocycles. The average molecular weight is 893 g/mol. The Morgan fingerprint density at radius 1 is 0.262 bits per heavy atom. The average Bonchev–Trinajstić information content (AvgIpc) is 3.21. The summed E-state index contributed by atoms with van der Waals surface area (Å²) < 4.78 is 0. The Morgan fingerprint density at radius 2 is 0.377 bits per heavy atom. The van der Waals surface area contributed by atoms with Crippen molar-refractivity contribution in [3.8, 4) is 0 Å². The standard InChI is InChI=1S/3C18H35O.C3H7.Ti/c3*1-18(2)16-14-12-10-8-6-4-3-5-7-9-11-13-15-17-19;1-3-2;/h3*18H,3-16H2,1-2H3;3H,1-2H3;/q4*-1;+4. The van der Waals surface area contributed by atoms with Gasteiger partial charge in [0.15, 0.2) is 0 Å². The minimum atomic E-state index is 0. The van der Waals surface area contributed by atoms with Crippen molar-refractivity contribution in [2.24, 2.45) is 17.8 Å². The first kappa shape index (κ1) is 69.8. The van der Waals surface area contributed by atoms with E-state index < -0.39 is 0 Å². The van der Waals surface area contributed by atoms with E-state index in [1.807, 2.05) is 39.1 Å². The third-order valence-electron chi connectivity index (χ3n) is 11.4. The molecule has 0 heterocycles. The van der Waals surface area contributed by atoms with Crippen molar-refractivity contribution < 1.29 is 36.1 Å². The van der Waals surface area contributed by atoms with Crippen LogP contribution in [0.3, 0.4) is 0 Å². The van der Waals surface area contributed by atoms with E-state index in [-0.39, 0.29) is 21.7 Å². The molecule has 0 amide bonds. The monoisotopic (exact) mass is 893 g/mol. The first-order valence-corrected chi connectivity index (χ1v) is 27.0. The van der Waals surface area contributed by atoms with Crippen LogP contribution >= 0.6 is 0 Å². The van der Waals surface area contributed by atoms with E-state index in [9.17, 15) is 14.4 Å². The number of unbranched alkanes of at least 4 members (excludes halogenated alkanes) is 36. The van der Waals surface area contributed by atoms with Crippen LogP contribution in [-0.4, -0.2) is 18.9 Å². The Bertz CT molecular complexity index is 641. The quantitative estimate of drug-likeness (QED) is 0.0348. The van der Waals surface area contributed by atoms with Gasteiger partial charge in [0, 0.05) is 0 Å². The van der Waals surface area contributed by atoms with E-state index >= 15 is 0 Å². The third kappa shape index (κ3) is 87.4. The van der Waals surface area contributed by atoms with Crippen LogP contribution in [0.1, 0.15) is 325 Å². The predicted octanol–water partition coefficient (Wildman–Crippen LogP) is 19.9. The van der Waals surface area contributed by atoms with Crippen LogP contribution in [0.4, 0.5) is 0 Å². The molecule has 0 aromatic carbocycles. The van der Waals surface area contributed by atoms with E-state index in [1.54, 1.807) is 0 Å². The Kier molecular flexibility index (Phi) is 78.6. The number of hydrogen-bond donors (Lipinski definition) is 0. The second-order valence-electron chi connectivity index (χ2n) is 19.5. The van der Waals surface area contributed by atoms with Crippen molar-refractivity contribution in [3.63, 3.8) is 0 Å². The van der Waals surface area contributed by atoms with Crippen LogP contribution in [0, 0.1) is 24.2 Å². The molecular formula is C57H112O3Ti. The summed E-state index contributed by atoms with van der Waals surface area (Å²) in [4.78, 5) is 30.0. The summed E-state index contributed by atoms with van der Waals surface area (Å²) in [6, 6.07) is 0. The summed E-state index contributed by atoms with van der Waals surface area (Å²) in [5, 5.41) is 0. The first-order chi connectivity index (χ1) is 29.2. The van der Waals surface area contributed by atoms with Gasteiger partial charge in [0.2, 0.25) is 0 Å². The topological polar surface area (TPSA) is 51.2 Å². The Morgan fingerprint density at radius 3 is 0.492 bits per heavy atom. The van der Waals surface area contributed by atoms with Gasteiger partial charge in [-0.15, -0.1) is 0 Å². The number of hydrogen-bond acceptors (Lipinski definition) is 3. The van der Waals surface area contributed by atoms with Crippen molar-refractivity contribution in [3.05, 3.63) is 6.42 Å². The van der Waals surface area contributed by atoms with Gasteiger partial charge in [-0.1, -0.05) is 292 Å². The minimum Gasteiger partial charge on any atom is -0.542 e. The van der Waals surface area contributed by atoms with Crippen LogP contribution < -0.4 is 0 Å². The van der Waals surface area contributed by atoms with Crippen LogP contribution in [0.2, 0.25) is 0 Å². The van der Waals surface area contributed by atoms with Crippen molar-refractivity contribution >= 4 is 18.9 Å². The SMILES string of the molecule is CC(C)CCCCCCCCCCCCCC[C-]=O.CC(C)CCCCCCCCCCCCCC[C-]=O.CC(C)CCCCCCCCCCCCCC[C-]=O.C[CH-]C.[Ti+4]. The molecule has 0 aliphatic rings. The predicted molar refractivity (Wildman–Crippen MR) is 271 cm³/mol. The van der Waals surface area contributed by atoms with Gasteiger partial charge in [0.25, 0.3) is 0 Å². The Labute approximate surface area is 402 Å². The molecule has 0 aliphatic carbocycles. The second-order valence-corrected chi connectivity index (χ2v) is 19.5. The molecule has 362 valence electrons. The molecule has 0 bridgehead atoms. The molecule has 0 N–H and O–H groups in total. The molecule has 0 rings (SSSR count). The molecule has 3 nitrogen and oxygen atoms in total. The minimum absolute atomic E-state index is 0. The third-order valence-corrected chi connectivity index (χ3v) is 11.4. The molecule has 0 spiro atoms. The molecule has 0 aromatic rings. The first-order valence-electron chi connectivity index (χ1n) is 27.0. The molecule has 4 heteroatoms. The number of carbonyl (C=O) groups excluding carboxylic acids is 3. The zero-order valence-corrected chi connectivity index (χ0v) is 44.8. The van der Waals surface area contributed by atoms with Gasteiger partial charge in [0.05, 0.1) is 0 Å². The van der Waals surface area contributed by atoms with Gasteiger partial charge in [-0.25, -0.2) is 0 Å². The van der Waals surface area contributed by atoms with E-state index in [4.69, 9.17) is 0 Å². The Balaban J connectivity index is -0.000000246. The van der Waals surface area contributed by atoms with Gasteiger partial charge >= 0.3 is 21.7 Å². The zero-order valence-electron chi connectivity index (χ0n) is 43.2. The van der Waals surface area contributed by atoms with Crippen molar-refractivity contribution in [2.45, 2.75) is 325 Å². The normalized spacial score (nSPS) is 10.7. The maximum absolute atomic E-state index is 10.0. The van der Waals surface area contributed by atoms with Gasteiger partial charge in [-0.3, -0.25) is 18.9 Å². The largest absolute Gasteiger partial charge is 4.00 e. The van der Waals surface area contributed by atoms with Crippen LogP contribution in [0.15, 0.2) is 0 Å². The summed E-state index contributed by atoms with van der Waals surface area (Å²) in [6.45, 7) is 17.9. The van der Waals surface area contributed by atoms with E-state index in [0.29, 0.717) is 19.3 Å². The van der Waals surface area contributed by atoms with Crippen LogP contribution in [-0.2, 0) is 36.1 Å². The van der Waals surface area contributed by atoms with E-state index in [1.165, 1.54) is 231 Å². The summed E-state index contributed by atoms with van der Waals surface area (Å²) in [5.74, 6) is 2.64. The number of rotatable bonds is 45. The van der Waals surface area contributed by atoms with E-state index in [0.717, 1.165) is 37.0 Å². The fraction of sp³-hybridized carbons (Fsp3) is 0.930. The summed E-state index contributed by atoms with van der Waals surface area (Å²) in [6.07, 6.45) is 62.9. The molecule has 0 atom stereocenters. The molecule has 0 fully saturated rings. The van der Waals surface area contributed by atoms with Crippen LogP contribution in [0.5, 0.6) is 0 Å². The molecule has 61 heavy (non-hydrogen) atoms. The summed E-state index contributed by atoms with van der Waals surface area (Å²) in [7, 11) is 0. The van der Waals surface area contributed by atoms with E-state index in [2.05, 4.69) is 41.5 Å². The fourth-order valence-corrected chi connectivity index (χ4v) is 7.55. The fourth-order valence-electron chi connectivity index (χ4n) is 7.55. The van der Waals surface area contributed by atoms with Crippen LogP contribution in [0.25, 0.3) is 0 Å². The molecule has 0 saturated heterocycles. The van der Waals surface area contributed by atoms with Gasteiger partial charge in [-0.2, -0.15) is 33.1 Å². The van der Waals surface area contributed by atoms with Crippen molar-refractivity contribution in [1.82, 2.24) is 0 Å². The summed E-state index contributed by atoms with van der Waals surface area (Å²) >= 11 is 0. The molecular weight excluding hydrogens is 780 g/mol.